The number of anilines is 1. The van der Waals surface area contributed by atoms with Crippen LogP contribution in [0.3, 0.4) is 0 Å². The average molecular weight is 342 g/mol. The van der Waals surface area contributed by atoms with Gasteiger partial charge in [0, 0.05) is 11.3 Å². The van der Waals surface area contributed by atoms with Crippen molar-refractivity contribution in [1.82, 2.24) is 5.43 Å². The molecule has 26 heavy (non-hydrogen) atoms. The molecule has 0 aliphatic carbocycles. The van der Waals surface area contributed by atoms with Gasteiger partial charge in [0.1, 0.15) is 0 Å². The lowest BCUT2D eigenvalue weighted by molar-refractivity contribution is -0.136. The molecule has 0 saturated heterocycles. The Labute approximate surface area is 149 Å². The second-order valence-electron chi connectivity index (χ2n) is 5.41. The van der Waals surface area contributed by atoms with Crippen molar-refractivity contribution in [2.24, 2.45) is 5.10 Å². The summed E-state index contributed by atoms with van der Waals surface area (Å²) in [6.45, 7) is 0. The van der Waals surface area contributed by atoms with E-state index >= 15 is 0 Å². The van der Waals surface area contributed by atoms with Gasteiger partial charge in [-0.1, -0.05) is 42.5 Å². The standard InChI is InChI=1S/C20H14N4O2/c21-12-14-8-10-17(11-9-14)23-19(25)20(26)24-22-13-16-6-3-5-15-4-1-2-7-18(15)16/h1-11,13H,(H,23,25)(H,24,26)/b22-13+. The van der Waals surface area contributed by atoms with Crippen molar-refractivity contribution in [3.05, 3.63) is 77.9 Å². The summed E-state index contributed by atoms with van der Waals surface area (Å²) in [4.78, 5) is 23.7. The van der Waals surface area contributed by atoms with Crippen molar-refractivity contribution in [1.29, 1.82) is 5.26 Å². The van der Waals surface area contributed by atoms with Crippen LogP contribution in [0.25, 0.3) is 10.8 Å². The van der Waals surface area contributed by atoms with Crippen LogP contribution in [0.1, 0.15) is 11.1 Å². The summed E-state index contributed by atoms with van der Waals surface area (Å²) >= 11 is 0. The van der Waals surface area contributed by atoms with Crippen LogP contribution in [0, 0.1) is 11.3 Å². The highest BCUT2D eigenvalue weighted by Crippen LogP contribution is 2.16. The lowest BCUT2D eigenvalue weighted by Gasteiger charge is -2.04. The molecule has 0 aromatic heterocycles. The molecule has 0 radical (unpaired) electrons. The molecule has 3 rings (SSSR count). The van der Waals surface area contributed by atoms with Gasteiger partial charge < -0.3 is 5.32 Å². The van der Waals surface area contributed by atoms with Gasteiger partial charge in [-0.2, -0.15) is 10.4 Å². The van der Waals surface area contributed by atoms with Crippen LogP contribution < -0.4 is 10.7 Å². The van der Waals surface area contributed by atoms with Crippen LogP contribution >= 0.6 is 0 Å². The van der Waals surface area contributed by atoms with Crippen molar-refractivity contribution in [3.8, 4) is 6.07 Å². The Kier molecular flexibility index (Phi) is 5.01. The molecule has 2 N–H and O–H groups in total. The normalized spacial score (nSPS) is 10.4. The second-order valence-corrected chi connectivity index (χ2v) is 5.41. The fraction of sp³-hybridized carbons (Fsp3) is 0. The highest BCUT2D eigenvalue weighted by molar-refractivity contribution is 6.39. The van der Waals surface area contributed by atoms with Crippen molar-refractivity contribution >= 4 is 34.5 Å². The maximum Gasteiger partial charge on any atom is 0.329 e. The summed E-state index contributed by atoms with van der Waals surface area (Å²) in [6, 6.07) is 21.7. The fourth-order valence-electron chi connectivity index (χ4n) is 2.39. The Balaban J connectivity index is 1.63. The molecule has 0 aliphatic heterocycles. The van der Waals surface area contributed by atoms with Crippen molar-refractivity contribution < 1.29 is 9.59 Å². The first-order valence-electron chi connectivity index (χ1n) is 7.80. The summed E-state index contributed by atoms with van der Waals surface area (Å²) in [5.74, 6) is -1.73. The van der Waals surface area contributed by atoms with Gasteiger partial charge >= 0.3 is 11.8 Å². The number of carbonyl (C=O) groups is 2. The minimum atomic E-state index is -0.883. The second kappa shape index (κ2) is 7.73. The fourth-order valence-corrected chi connectivity index (χ4v) is 2.39. The number of amides is 2. The van der Waals surface area contributed by atoms with Gasteiger partial charge in [0.2, 0.25) is 0 Å². The lowest BCUT2D eigenvalue weighted by atomic mass is 10.1. The molecule has 2 amide bonds. The molecule has 0 bridgehead atoms. The topological polar surface area (TPSA) is 94.4 Å². The number of nitriles is 1. The quantitative estimate of drug-likeness (QED) is 0.435. The van der Waals surface area contributed by atoms with Crippen LogP contribution in [-0.2, 0) is 9.59 Å². The van der Waals surface area contributed by atoms with Gasteiger partial charge in [-0.15, -0.1) is 0 Å². The summed E-state index contributed by atoms with van der Waals surface area (Å²) < 4.78 is 0. The molecule has 0 aliphatic rings. The first-order valence-corrected chi connectivity index (χ1v) is 7.80. The third-order valence-electron chi connectivity index (χ3n) is 3.67. The third-order valence-corrected chi connectivity index (χ3v) is 3.67. The van der Waals surface area contributed by atoms with E-state index in [2.05, 4.69) is 15.8 Å². The van der Waals surface area contributed by atoms with Crippen molar-refractivity contribution in [3.63, 3.8) is 0 Å². The maximum absolute atomic E-state index is 11.9. The molecule has 6 nitrogen and oxygen atoms in total. The first kappa shape index (κ1) is 16.9. The molecule has 0 atom stereocenters. The van der Waals surface area contributed by atoms with E-state index in [9.17, 15) is 9.59 Å². The van der Waals surface area contributed by atoms with E-state index in [1.54, 1.807) is 24.3 Å². The molecule has 0 heterocycles. The molecule has 0 unspecified atom stereocenters. The Hall–Kier alpha value is -3.98. The predicted molar refractivity (Wildman–Crippen MR) is 99.5 cm³/mol. The lowest BCUT2D eigenvalue weighted by Crippen LogP contribution is -2.32. The molecule has 3 aromatic carbocycles. The van der Waals surface area contributed by atoms with E-state index in [4.69, 9.17) is 5.26 Å². The maximum atomic E-state index is 11.9. The van der Waals surface area contributed by atoms with Gasteiger partial charge in [-0.25, -0.2) is 5.43 Å². The van der Waals surface area contributed by atoms with Crippen LogP contribution in [0.15, 0.2) is 71.8 Å². The molecule has 6 heteroatoms. The van der Waals surface area contributed by atoms with Gasteiger partial charge in [0.15, 0.2) is 0 Å². The van der Waals surface area contributed by atoms with Crippen LogP contribution in [0.5, 0.6) is 0 Å². The largest absolute Gasteiger partial charge is 0.329 e. The Morgan fingerprint density at radius 1 is 0.923 bits per heavy atom. The third kappa shape index (κ3) is 3.91. The molecular weight excluding hydrogens is 328 g/mol. The van der Waals surface area contributed by atoms with Crippen molar-refractivity contribution in [2.45, 2.75) is 0 Å². The number of nitrogens with one attached hydrogen (secondary N) is 2. The van der Waals surface area contributed by atoms with E-state index in [0.717, 1.165) is 16.3 Å². The number of nitrogens with zero attached hydrogens (tertiary/aromatic N) is 2. The highest BCUT2D eigenvalue weighted by Gasteiger charge is 2.12. The van der Waals surface area contributed by atoms with Crippen molar-refractivity contribution in [2.75, 3.05) is 5.32 Å². The summed E-state index contributed by atoms with van der Waals surface area (Å²) in [6.07, 6.45) is 1.50. The van der Waals surface area contributed by atoms with Crippen LogP contribution in [0.2, 0.25) is 0 Å². The number of rotatable bonds is 3. The SMILES string of the molecule is N#Cc1ccc(NC(=O)C(=O)N/N=C/c2cccc3ccccc23)cc1. The summed E-state index contributed by atoms with van der Waals surface area (Å²) in [7, 11) is 0. The number of carbonyl (C=O) groups excluding carboxylic acids is 2. The molecule has 0 spiro atoms. The molecule has 0 fully saturated rings. The number of benzene rings is 3. The Bertz CT molecular complexity index is 1030. The van der Waals surface area contributed by atoms with Gasteiger partial charge in [-0.3, -0.25) is 9.59 Å². The summed E-state index contributed by atoms with van der Waals surface area (Å²) in [5.41, 5.74) is 3.92. The number of hydrogen-bond donors (Lipinski definition) is 2. The van der Waals surface area contributed by atoms with Gasteiger partial charge in [0.05, 0.1) is 17.8 Å². The number of hydrogen-bond acceptors (Lipinski definition) is 4. The molecule has 0 saturated carbocycles. The van der Waals surface area contributed by atoms with Gasteiger partial charge in [0.25, 0.3) is 0 Å². The zero-order valence-corrected chi connectivity index (χ0v) is 13.6. The molecule has 126 valence electrons. The zero-order chi connectivity index (χ0) is 18.4. The Morgan fingerprint density at radius 3 is 2.42 bits per heavy atom. The summed E-state index contributed by atoms with van der Waals surface area (Å²) in [5, 5.41) is 17.1. The van der Waals surface area contributed by atoms with E-state index < -0.39 is 11.8 Å². The van der Waals surface area contributed by atoms with E-state index in [-0.39, 0.29) is 0 Å². The minimum absolute atomic E-state index is 0.419. The monoisotopic (exact) mass is 342 g/mol. The van der Waals surface area contributed by atoms with Crippen LogP contribution in [0.4, 0.5) is 5.69 Å². The average Bonchev–Trinajstić information content (AvgIpc) is 2.68. The number of hydrazone groups is 1. The zero-order valence-electron chi connectivity index (χ0n) is 13.6. The van der Waals surface area contributed by atoms with Gasteiger partial charge in [-0.05, 0) is 35.0 Å². The van der Waals surface area contributed by atoms with E-state index in [0.29, 0.717) is 11.3 Å². The van der Waals surface area contributed by atoms with Crippen LogP contribution in [-0.4, -0.2) is 18.0 Å². The number of fused-ring (bicyclic) bond motifs is 1. The van der Waals surface area contributed by atoms with E-state index in [1.165, 1.54) is 6.21 Å². The molecule has 3 aromatic rings. The minimum Gasteiger partial charge on any atom is -0.318 e. The Morgan fingerprint density at radius 2 is 1.65 bits per heavy atom. The molecular formula is C20H14N4O2. The smallest absolute Gasteiger partial charge is 0.318 e. The highest BCUT2D eigenvalue weighted by atomic mass is 16.2. The first-order chi connectivity index (χ1) is 12.7. The van der Waals surface area contributed by atoms with E-state index in [1.807, 2.05) is 48.5 Å². The predicted octanol–water partition coefficient (Wildman–Crippen LogP) is 2.80.